The molecule has 3 N–H and O–H groups in total. The SMILES string of the molecule is CC(C)CNC(=O)c1cc(NC(=O)Nc2cccc(Br)c2)ccc1N1CCCC1. The van der Waals surface area contributed by atoms with Crippen molar-refractivity contribution in [3.05, 3.63) is 52.5 Å². The normalized spacial score (nSPS) is 13.4. The Hall–Kier alpha value is -2.54. The standard InChI is InChI=1S/C22H27BrN4O2/c1-15(2)14-24-21(28)19-13-18(8-9-20(19)27-10-3-4-11-27)26-22(29)25-17-7-5-6-16(23)12-17/h5-9,12-13,15H,3-4,10-11,14H2,1-2H3,(H,24,28)(H2,25,26,29). The molecule has 0 atom stereocenters. The molecule has 29 heavy (non-hydrogen) atoms. The highest BCUT2D eigenvalue weighted by Crippen LogP contribution is 2.28. The fraction of sp³-hybridized carbons (Fsp3) is 0.364. The van der Waals surface area contributed by atoms with Gasteiger partial charge in [-0.25, -0.2) is 4.79 Å². The van der Waals surface area contributed by atoms with Crippen LogP contribution in [0.1, 0.15) is 37.0 Å². The van der Waals surface area contributed by atoms with Crippen molar-refractivity contribution in [3.8, 4) is 0 Å². The number of nitrogens with one attached hydrogen (secondary N) is 3. The molecule has 6 nitrogen and oxygen atoms in total. The summed E-state index contributed by atoms with van der Waals surface area (Å²) >= 11 is 3.39. The maximum atomic E-state index is 12.8. The van der Waals surface area contributed by atoms with E-state index < -0.39 is 0 Å². The van der Waals surface area contributed by atoms with Crippen LogP contribution in [-0.2, 0) is 0 Å². The van der Waals surface area contributed by atoms with Gasteiger partial charge in [0.25, 0.3) is 5.91 Å². The fourth-order valence-electron chi connectivity index (χ4n) is 3.28. The summed E-state index contributed by atoms with van der Waals surface area (Å²) in [4.78, 5) is 27.4. The number of carbonyl (C=O) groups is 2. The minimum atomic E-state index is -0.356. The zero-order chi connectivity index (χ0) is 20.8. The maximum Gasteiger partial charge on any atom is 0.323 e. The topological polar surface area (TPSA) is 73.5 Å². The highest BCUT2D eigenvalue weighted by Gasteiger charge is 2.20. The van der Waals surface area contributed by atoms with Crippen molar-refractivity contribution in [2.24, 2.45) is 5.92 Å². The number of nitrogens with zero attached hydrogens (tertiary/aromatic N) is 1. The predicted octanol–water partition coefficient (Wildman–Crippen LogP) is 5.08. The number of hydrogen-bond acceptors (Lipinski definition) is 3. The van der Waals surface area contributed by atoms with E-state index in [9.17, 15) is 9.59 Å². The first-order valence-electron chi connectivity index (χ1n) is 9.93. The molecule has 1 heterocycles. The number of urea groups is 1. The molecule has 1 aliphatic rings. The number of amides is 3. The Bertz CT molecular complexity index is 879. The summed E-state index contributed by atoms with van der Waals surface area (Å²) in [6.45, 7) is 6.62. The summed E-state index contributed by atoms with van der Waals surface area (Å²) < 4.78 is 0.884. The lowest BCUT2D eigenvalue weighted by Gasteiger charge is -2.22. The third kappa shape index (κ3) is 5.97. The number of carbonyl (C=O) groups excluding carboxylic acids is 2. The molecule has 0 unspecified atom stereocenters. The second-order valence-electron chi connectivity index (χ2n) is 7.62. The average molecular weight is 459 g/mol. The van der Waals surface area contributed by atoms with Crippen LogP contribution in [0.5, 0.6) is 0 Å². The van der Waals surface area contributed by atoms with Crippen molar-refractivity contribution >= 4 is 44.9 Å². The lowest BCUT2D eigenvalue weighted by Crippen LogP contribution is -2.30. The van der Waals surface area contributed by atoms with Gasteiger partial charge in [0.2, 0.25) is 0 Å². The second-order valence-corrected chi connectivity index (χ2v) is 8.54. The lowest BCUT2D eigenvalue weighted by molar-refractivity contribution is 0.0949. The monoisotopic (exact) mass is 458 g/mol. The molecule has 2 aromatic carbocycles. The smallest absolute Gasteiger partial charge is 0.323 e. The molecular weight excluding hydrogens is 432 g/mol. The summed E-state index contributed by atoms with van der Waals surface area (Å²) in [7, 11) is 0. The zero-order valence-electron chi connectivity index (χ0n) is 16.8. The lowest BCUT2D eigenvalue weighted by atomic mass is 10.1. The average Bonchev–Trinajstić information content (AvgIpc) is 3.20. The van der Waals surface area contributed by atoms with Crippen LogP contribution in [0, 0.1) is 5.92 Å². The molecule has 0 radical (unpaired) electrons. The Balaban J connectivity index is 1.77. The van der Waals surface area contributed by atoms with Crippen molar-refractivity contribution in [1.82, 2.24) is 5.32 Å². The first-order valence-corrected chi connectivity index (χ1v) is 10.7. The van der Waals surface area contributed by atoms with Gasteiger partial charge in [0, 0.05) is 41.2 Å². The Morgan fingerprint density at radius 1 is 1.03 bits per heavy atom. The molecule has 3 amide bonds. The summed E-state index contributed by atoms with van der Waals surface area (Å²) in [5, 5.41) is 8.61. The molecular formula is C22H27BrN4O2. The van der Waals surface area contributed by atoms with Gasteiger partial charge in [-0.1, -0.05) is 35.8 Å². The van der Waals surface area contributed by atoms with Gasteiger partial charge >= 0.3 is 6.03 Å². The van der Waals surface area contributed by atoms with Gasteiger partial charge in [-0.05, 0) is 55.2 Å². The van der Waals surface area contributed by atoms with Crippen LogP contribution in [-0.4, -0.2) is 31.6 Å². The quantitative estimate of drug-likeness (QED) is 0.564. The summed E-state index contributed by atoms with van der Waals surface area (Å²) in [5.74, 6) is 0.253. The highest BCUT2D eigenvalue weighted by molar-refractivity contribution is 9.10. The Morgan fingerprint density at radius 2 is 1.72 bits per heavy atom. The van der Waals surface area contributed by atoms with Crippen molar-refractivity contribution in [1.29, 1.82) is 0 Å². The third-order valence-electron chi connectivity index (χ3n) is 4.70. The van der Waals surface area contributed by atoms with Crippen LogP contribution < -0.4 is 20.9 Å². The van der Waals surface area contributed by atoms with Gasteiger partial charge in [0.15, 0.2) is 0 Å². The molecule has 2 aromatic rings. The maximum absolute atomic E-state index is 12.8. The Morgan fingerprint density at radius 3 is 2.38 bits per heavy atom. The molecule has 1 aliphatic heterocycles. The first-order chi connectivity index (χ1) is 13.9. The number of rotatable bonds is 6. The molecule has 1 fully saturated rings. The summed E-state index contributed by atoms with van der Waals surface area (Å²) in [5.41, 5.74) is 2.77. The van der Waals surface area contributed by atoms with Gasteiger partial charge < -0.3 is 20.9 Å². The van der Waals surface area contributed by atoms with Crippen LogP contribution in [0.4, 0.5) is 21.9 Å². The minimum Gasteiger partial charge on any atom is -0.371 e. The molecule has 7 heteroatoms. The number of halogens is 1. The van der Waals surface area contributed by atoms with E-state index in [2.05, 4.69) is 50.6 Å². The van der Waals surface area contributed by atoms with Crippen molar-refractivity contribution < 1.29 is 9.59 Å². The first kappa shape index (κ1) is 21.2. The van der Waals surface area contributed by atoms with E-state index in [1.54, 1.807) is 6.07 Å². The van der Waals surface area contributed by atoms with Crippen LogP contribution >= 0.6 is 15.9 Å². The molecule has 0 aliphatic carbocycles. The van der Waals surface area contributed by atoms with Crippen LogP contribution in [0.25, 0.3) is 0 Å². The molecule has 0 saturated carbocycles. The van der Waals surface area contributed by atoms with E-state index in [1.165, 1.54) is 0 Å². The van der Waals surface area contributed by atoms with Crippen molar-refractivity contribution in [3.63, 3.8) is 0 Å². The van der Waals surface area contributed by atoms with E-state index in [1.807, 2.05) is 36.4 Å². The second kappa shape index (κ2) is 9.78. The number of benzene rings is 2. The predicted molar refractivity (Wildman–Crippen MR) is 122 cm³/mol. The van der Waals surface area contributed by atoms with E-state index in [0.29, 0.717) is 29.4 Å². The molecule has 0 aromatic heterocycles. The minimum absolute atomic E-state index is 0.114. The Labute approximate surface area is 180 Å². The molecule has 3 rings (SSSR count). The van der Waals surface area contributed by atoms with Crippen molar-refractivity contribution in [2.45, 2.75) is 26.7 Å². The van der Waals surface area contributed by atoms with Gasteiger partial charge in [-0.3, -0.25) is 4.79 Å². The van der Waals surface area contributed by atoms with Crippen LogP contribution in [0.3, 0.4) is 0 Å². The molecule has 0 spiro atoms. The summed E-state index contributed by atoms with van der Waals surface area (Å²) in [6, 6.07) is 12.5. The van der Waals surface area contributed by atoms with Crippen molar-refractivity contribution in [2.75, 3.05) is 35.2 Å². The summed E-state index contributed by atoms with van der Waals surface area (Å²) in [6.07, 6.45) is 2.25. The fourth-order valence-corrected chi connectivity index (χ4v) is 3.68. The van der Waals surface area contributed by atoms with E-state index >= 15 is 0 Å². The van der Waals surface area contributed by atoms with E-state index in [-0.39, 0.29) is 11.9 Å². The largest absolute Gasteiger partial charge is 0.371 e. The third-order valence-corrected chi connectivity index (χ3v) is 5.19. The number of hydrogen-bond donors (Lipinski definition) is 3. The molecule has 154 valence electrons. The molecule has 0 bridgehead atoms. The van der Waals surface area contributed by atoms with Crippen LogP contribution in [0.2, 0.25) is 0 Å². The van der Waals surface area contributed by atoms with Gasteiger partial charge in [-0.2, -0.15) is 0 Å². The zero-order valence-corrected chi connectivity index (χ0v) is 18.4. The number of anilines is 3. The van der Waals surface area contributed by atoms with Crippen LogP contribution in [0.15, 0.2) is 46.9 Å². The Kier molecular flexibility index (Phi) is 7.14. The van der Waals surface area contributed by atoms with E-state index in [0.717, 1.165) is 36.1 Å². The van der Waals surface area contributed by atoms with E-state index in [4.69, 9.17) is 0 Å². The van der Waals surface area contributed by atoms with Gasteiger partial charge in [0.05, 0.1) is 5.56 Å². The highest BCUT2D eigenvalue weighted by atomic mass is 79.9. The van der Waals surface area contributed by atoms with Gasteiger partial charge in [0.1, 0.15) is 0 Å². The van der Waals surface area contributed by atoms with Gasteiger partial charge in [-0.15, -0.1) is 0 Å². The molecule has 1 saturated heterocycles.